The van der Waals surface area contributed by atoms with Crippen LogP contribution in [0, 0.1) is 0 Å². The minimum absolute atomic E-state index is 0.153. The van der Waals surface area contributed by atoms with Crippen molar-refractivity contribution in [2.75, 3.05) is 18.2 Å². The fourth-order valence-electron chi connectivity index (χ4n) is 1.76. The fraction of sp³-hybridized carbons (Fsp3) is 0.0769. The molecule has 0 atom stereocenters. The number of nitrogens with one attached hydrogen (secondary N) is 1. The zero-order valence-electron chi connectivity index (χ0n) is 11.3. The van der Waals surface area contributed by atoms with Crippen molar-refractivity contribution in [2.24, 2.45) is 0 Å². The lowest BCUT2D eigenvalue weighted by molar-refractivity contribution is 0.102. The summed E-state index contributed by atoms with van der Waals surface area (Å²) in [6, 6.07) is 2.94. The first-order chi connectivity index (χ1) is 10.4. The predicted octanol–water partition coefficient (Wildman–Crippen LogP) is 1.69. The number of ether oxygens (including phenoxy) is 1. The van der Waals surface area contributed by atoms with E-state index in [1.54, 1.807) is 0 Å². The number of nitrogen functional groups attached to an aromatic ring is 1. The lowest BCUT2D eigenvalue weighted by Gasteiger charge is -2.14. The number of carbonyl (C=O) groups excluding carboxylic acids is 1. The molecular weight excluding hydrogens is 314 g/mol. The third-order valence-corrected chi connectivity index (χ3v) is 3.04. The van der Waals surface area contributed by atoms with Gasteiger partial charge in [0.1, 0.15) is 11.4 Å². The Kier molecular flexibility index (Phi) is 4.13. The zero-order chi connectivity index (χ0) is 16.4. The van der Waals surface area contributed by atoms with Gasteiger partial charge in [0, 0.05) is 6.20 Å². The lowest BCUT2D eigenvalue weighted by Crippen LogP contribution is -2.15. The highest BCUT2D eigenvalue weighted by Crippen LogP contribution is 2.49. The Morgan fingerprint density at radius 3 is 2.50 bits per heavy atom. The second-order valence-corrected chi connectivity index (χ2v) is 4.62. The zero-order valence-corrected chi connectivity index (χ0v) is 12.0. The molecule has 116 valence electrons. The van der Waals surface area contributed by atoms with Crippen LogP contribution in [0.1, 0.15) is 10.4 Å². The molecular formula is C13H12ClN3O5. The Bertz CT molecular complexity index is 734. The summed E-state index contributed by atoms with van der Waals surface area (Å²) in [5.41, 5.74) is 4.61. The van der Waals surface area contributed by atoms with Crippen molar-refractivity contribution in [2.45, 2.75) is 0 Å². The van der Waals surface area contributed by atoms with E-state index in [-0.39, 0.29) is 5.82 Å². The molecule has 0 fully saturated rings. The van der Waals surface area contributed by atoms with Gasteiger partial charge in [0.05, 0.1) is 17.8 Å². The highest BCUT2D eigenvalue weighted by molar-refractivity contribution is 6.30. The van der Waals surface area contributed by atoms with Crippen molar-refractivity contribution in [1.82, 2.24) is 4.98 Å². The molecule has 2 aromatic rings. The summed E-state index contributed by atoms with van der Waals surface area (Å²) < 4.78 is 4.74. The van der Waals surface area contributed by atoms with Gasteiger partial charge in [-0.15, -0.1) is 0 Å². The third kappa shape index (κ3) is 2.63. The van der Waals surface area contributed by atoms with E-state index in [4.69, 9.17) is 22.1 Å². The molecule has 6 N–H and O–H groups in total. The van der Waals surface area contributed by atoms with Gasteiger partial charge >= 0.3 is 0 Å². The number of benzene rings is 1. The molecule has 2 rings (SSSR count). The second kappa shape index (κ2) is 5.86. The summed E-state index contributed by atoms with van der Waals surface area (Å²) in [5, 5.41) is 32.0. The van der Waals surface area contributed by atoms with Gasteiger partial charge in [-0.2, -0.15) is 0 Å². The van der Waals surface area contributed by atoms with Gasteiger partial charge in [0.25, 0.3) is 5.91 Å². The van der Waals surface area contributed by atoms with Crippen molar-refractivity contribution in [1.29, 1.82) is 0 Å². The van der Waals surface area contributed by atoms with E-state index in [1.807, 2.05) is 0 Å². The molecule has 0 saturated heterocycles. The number of rotatable bonds is 3. The van der Waals surface area contributed by atoms with Crippen LogP contribution in [0.25, 0.3) is 0 Å². The number of hydrogen-bond acceptors (Lipinski definition) is 7. The van der Waals surface area contributed by atoms with Crippen molar-refractivity contribution >= 4 is 29.0 Å². The van der Waals surface area contributed by atoms with Crippen molar-refractivity contribution in [3.8, 4) is 23.0 Å². The first kappa shape index (κ1) is 15.5. The molecule has 0 aliphatic carbocycles. The maximum atomic E-state index is 12.2. The maximum absolute atomic E-state index is 12.2. The van der Waals surface area contributed by atoms with Crippen molar-refractivity contribution in [3.63, 3.8) is 0 Å². The number of pyridine rings is 1. The van der Waals surface area contributed by atoms with Crippen LogP contribution in [0.5, 0.6) is 23.0 Å². The van der Waals surface area contributed by atoms with Crippen LogP contribution < -0.4 is 15.8 Å². The number of hydrogen-bond donors (Lipinski definition) is 5. The molecule has 0 saturated carbocycles. The highest BCUT2D eigenvalue weighted by atomic mass is 35.5. The Hall–Kier alpha value is -2.87. The number of anilines is 2. The fourth-order valence-corrected chi connectivity index (χ4v) is 1.87. The van der Waals surface area contributed by atoms with E-state index < -0.39 is 40.2 Å². The summed E-state index contributed by atoms with van der Waals surface area (Å²) in [7, 11) is 1.15. The van der Waals surface area contributed by atoms with Crippen molar-refractivity contribution < 1.29 is 24.9 Å². The molecule has 8 nitrogen and oxygen atoms in total. The molecule has 0 unspecified atom stereocenters. The predicted molar refractivity (Wildman–Crippen MR) is 79.6 cm³/mol. The second-order valence-electron chi connectivity index (χ2n) is 4.18. The SMILES string of the molecule is COc1c(O)c(O)c(N)c(C(=O)Nc2ccc(Cl)cn2)c1O. The number of aromatic hydroxyl groups is 3. The van der Waals surface area contributed by atoms with Gasteiger partial charge in [0.15, 0.2) is 11.5 Å². The molecule has 0 aliphatic heterocycles. The lowest BCUT2D eigenvalue weighted by atomic mass is 10.1. The largest absolute Gasteiger partial charge is 0.504 e. The van der Waals surface area contributed by atoms with E-state index >= 15 is 0 Å². The summed E-state index contributed by atoms with van der Waals surface area (Å²) in [6.07, 6.45) is 1.31. The molecule has 0 spiro atoms. The van der Waals surface area contributed by atoms with E-state index in [1.165, 1.54) is 18.3 Å². The topological polar surface area (TPSA) is 138 Å². The molecule has 22 heavy (non-hydrogen) atoms. The molecule has 1 heterocycles. The number of aromatic nitrogens is 1. The molecule has 1 aromatic carbocycles. The molecule has 1 aromatic heterocycles. The van der Waals surface area contributed by atoms with E-state index in [0.717, 1.165) is 7.11 Å². The van der Waals surface area contributed by atoms with Gasteiger partial charge in [-0.25, -0.2) is 4.98 Å². The summed E-state index contributed by atoms with van der Waals surface area (Å²) in [4.78, 5) is 16.1. The van der Waals surface area contributed by atoms with Crippen LogP contribution in [0.15, 0.2) is 18.3 Å². The summed E-state index contributed by atoms with van der Waals surface area (Å²) >= 11 is 5.68. The summed E-state index contributed by atoms with van der Waals surface area (Å²) in [6.45, 7) is 0. The molecule has 0 aliphatic rings. The Morgan fingerprint density at radius 1 is 1.27 bits per heavy atom. The summed E-state index contributed by atoms with van der Waals surface area (Å²) in [5.74, 6) is -3.41. The first-order valence-corrected chi connectivity index (χ1v) is 6.27. The molecule has 9 heteroatoms. The minimum Gasteiger partial charge on any atom is -0.504 e. The van der Waals surface area contributed by atoms with E-state index in [2.05, 4.69) is 10.3 Å². The van der Waals surface area contributed by atoms with Crippen LogP contribution in [-0.4, -0.2) is 33.3 Å². The van der Waals surface area contributed by atoms with Crippen LogP contribution >= 0.6 is 11.6 Å². The average molecular weight is 326 g/mol. The Morgan fingerprint density at radius 2 is 1.95 bits per heavy atom. The number of phenolic OH excluding ortho intramolecular Hbond substituents is 3. The first-order valence-electron chi connectivity index (χ1n) is 5.90. The van der Waals surface area contributed by atoms with Crippen LogP contribution in [0.2, 0.25) is 5.02 Å². The van der Waals surface area contributed by atoms with Crippen LogP contribution in [0.3, 0.4) is 0 Å². The molecule has 1 amide bonds. The van der Waals surface area contributed by atoms with Gasteiger partial charge in [-0.3, -0.25) is 4.79 Å². The van der Waals surface area contributed by atoms with E-state index in [9.17, 15) is 20.1 Å². The van der Waals surface area contributed by atoms with Crippen LogP contribution in [-0.2, 0) is 0 Å². The highest BCUT2D eigenvalue weighted by Gasteiger charge is 2.27. The van der Waals surface area contributed by atoms with Gasteiger partial charge < -0.3 is 31.1 Å². The normalized spacial score (nSPS) is 10.3. The number of amides is 1. The molecule has 0 radical (unpaired) electrons. The minimum atomic E-state index is -0.849. The number of phenols is 3. The van der Waals surface area contributed by atoms with Gasteiger partial charge in [-0.1, -0.05) is 11.6 Å². The third-order valence-electron chi connectivity index (χ3n) is 2.82. The number of halogens is 1. The maximum Gasteiger partial charge on any atom is 0.262 e. The number of nitrogens with two attached hydrogens (primary N) is 1. The van der Waals surface area contributed by atoms with Gasteiger partial charge in [-0.05, 0) is 12.1 Å². The van der Waals surface area contributed by atoms with Crippen molar-refractivity contribution in [3.05, 3.63) is 28.9 Å². The quantitative estimate of drug-likeness (QED) is 0.329. The smallest absolute Gasteiger partial charge is 0.262 e. The Labute approximate surface area is 129 Å². The Balaban J connectivity index is 2.45. The van der Waals surface area contributed by atoms with Gasteiger partial charge in [0.2, 0.25) is 11.5 Å². The number of methoxy groups -OCH3 is 1. The standard InChI is InChI=1S/C13H12ClN3O5/c1-22-12-9(18)7(8(15)10(19)11(12)20)13(21)17-6-3-2-5(14)4-16-6/h2-4,18-20H,15H2,1H3,(H,16,17,21). The number of carbonyl (C=O) groups is 1. The average Bonchev–Trinajstić information content (AvgIpc) is 2.48. The van der Waals surface area contributed by atoms with Crippen LogP contribution in [0.4, 0.5) is 11.5 Å². The monoisotopic (exact) mass is 325 g/mol. The van der Waals surface area contributed by atoms with E-state index in [0.29, 0.717) is 5.02 Å². The number of nitrogens with zero attached hydrogens (tertiary/aromatic N) is 1. The molecule has 0 bridgehead atoms.